The molecule has 0 N–H and O–H groups in total. The highest BCUT2D eigenvalue weighted by molar-refractivity contribution is 6.09. The zero-order valence-corrected chi connectivity index (χ0v) is 12.3. The van der Waals surface area contributed by atoms with Crippen LogP contribution < -0.4 is 0 Å². The summed E-state index contributed by atoms with van der Waals surface area (Å²) in [4.78, 5) is 26.8. The topological polar surface area (TPSA) is 68.1 Å². The Balaban J connectivity index is 1.70. The summed E-state index contributed by atoms with van der Waals surface area (Å²) in [5.74, 6) is 0.403. The number of amides is 2. The molecule has 0 bridgehead atoms. The van der Waals surface area contributed by atoms with Crippen LogP contribution in [0.4, 0.5) is 0 Å². The molecule has 1 atom stereocenters. The summed E-state index contributed by atoms with van der Waals surface area (Å²) in [6, 6.07) is 7.96. The molecule has 2 heterocycles. The van der Waals surface area contributed by atoms with Gasteiger partial charge in [-0.25, -0.2) is 0 Å². The number of likely N-dealkylation sites (tertiary alicyclic amines) is 1. The van der Waals surface area contributed by atoms with Crippen molar-refractivity contribution in [2.24, 2.45) is 7.05 Å². The maximum atomic E-state index is 13.0. The average molecular weight is 296 g/mol. The molecule has 6 nitrogen and oxygen atoms in total. The maximum Gasteiger partial charge on any atom is 0.240 e. The predicted molar refractivity (Wildman–Crippen MR) is 77.6 cm³/mol. The van der Waals surface area contributed by atoms with E-state index in [0.717, 1.165) is 12.0 Å². The highest BCUT2D eigenvalue weighted by atomic mass is 16.2. The average Bonchev–Trinajstić information content (AvgIpc) is 3.15. The molecule has 1 aliphatic heterocycles. The van der Waals surface area contributed by atoms with E-state index in [1.165, 1.54) is 10.5 Å². The standard InChI is InChI=1S/C16H16N4O2/c1-19-10-17-18-13(19)9-20-14(21)8-16(15(20)22)7-6-11-4-2-3-5-12(11)16/h2-5,10H,6-9H2,1H3/t16-/m1/s1. The molecule has 1 aromatic carbocycles. The Kier molecular flexibility index (Phi) is 2.69. The van der Waals surface area contributed by atoms with Gasteiger partial charge in [0.05, 0.1) is 12.0 Å². The molecule has 2 aromatic rings. The minimum absolute atomic E-state index is 0.0922. The van der Waals surface area contributed by atoms with Gasteiger partial charge in [-0.2, -0.15) is 0 Å². The number of hydrogen-bond donors (Lipinski definition) is 0. The van der Waals surface area contributed by atoms with E-state index in [2.05, 4.69) is 10.2 Å². The van der Waals surface area contributed by atoms with Gasteiger partial charge in [0.15, 0.2) is 5.82 Å². The molecule has 1 aromatic heterocycles. The zero-order chi connectivity index (χ0) is 15.3. The maximum absolute atomic E-state index is 13.0. The van der Waals surface area contributed by atoms with Crippen LogP contribution in [0.25, 0.3) is 0 Å². The van der Waals surface area contributed by atoms with Crippen LogP contribution in [-0.4, -0.2) is 31.5 Å². The first-order valence-corrected chi connectivity index (χ1v) is 7.38. The predicted octanol–water partition coefficient (Wildman–Crippen LogP) is 0.958. The third-order valence-corrected chi connectivity index (χ3v) is 4.87. The highest BCUT2D eigenvalue weighted by Gasteiger charge is 2.55. The van der Waals surface area contributed by atoms with Gasteiger partial charge in [-0.1, -0.05) is 24.3 Å². The third kappa shape index (κ3) is 1.66. The number of imide groups is 1. The second kappa shape index (κ2) is 4.50. The quantitative estimate of drug-likeness (QED) is 0.774. The van der Waals surface area contributed by atoms with Crippen molar-refractivity contribution in [2.75, 3.05) is 0 Å². The number of fused-ring (bicyclic) bond motifs is 2. The van der Waals surface area contributed by atoms with E-state index in [4.69, 9.17) is 0 Å². The van der Waals surface area contributed by atoms with Crippen molar-refractivity contribution < 1.29 is 9.59 Å². The van der Waals surface area contributed by atoms with Crippen molar-refractivity contribution in [3.05, 3.63) is 47.5 Å². The van der Waals surface area contributed by atoms with E-state index in [1.807, 2.05) is 24.3 Å². The first kappa shape index (κ1) is 13.2. The monoisotopic (exact) mass is 296 g/mol. The SMILES string of the molecule is Cn1cnnc1CN1C(=O)C[C@@]2(CCc3ccccc32)C1=O. The Morgan fingerprint density at radius 2 is 2.09 bits per heavy atom. The van der Waals surface area contributed by atoms with Crippen molar-refractivity contribution in [3.63, 3.8) is 0 Å². The lowest BCUT2D eigenvalue weighted by Gasteiger charge is -2.22. The van der Waals surface area contributed by atoms with Gasteiger partial charge in [0, 0.05) is 13.5 Å². The lowest BCUT2D eigenvalue weighted by atomic mass is 9.80. The summed E-state index contributed by atoms with van der Waals surface area (Å²) < 4.78 is 1.73. The fourth-order valence-corrected chi connectivity index (χ4v) is 3.65. The fourth-order valence-electron chi connectivity index (χ4n) is 3.65. The third-order valence-electron chi connectivity index (χ3n) is 4.87. The summed E-state index contributed by atoms with van der Waals surface area (Å²) in [6.07, 6.45) is 3.40. The van der Waals surface area contributed by atoms with Gasteiger partial charge >= 0.3 is 0 Å². The van der Waals surface area contributed by atoms with Crippen LogP contribution in [0, 0.1) is 0 Å². The van der Waals surface area contributed by atoms with Crippen molar-refractivity contribution in [3.8, 4) is 0 Å². The van der Waals surface area contributed by atoms with Crippen molar-refractivity contribution in [1.82, 2.24) is 19.7 Å². The molecule has 6 heteroatoms. The summed E-state index contributed by atoms with van der Waals surface area (Å²) in [7, 11) is 1.81. The van der Waals surface area contributed by atoms with E-state index in [-0.39, 0.29) is 24.8 Å². The number of nitrogens with zero attached hydrogens (tertiary/aromatic N) is 4. The van der Waals surface area contributed by atoms with Crippen LogP contribution in [0.2, 0.25) is 0 Å². The largest absolute Gasteiger partial charge is 0.319 e. The minimum atomic E-state index is -0.660. The second-order valence-electron chi connectivity index (χ2n) is 6.06. The van der Waals surface area contributed by atoms with Crippen LogP contribution in [0.3, 0.4) is 0 Å². The van der Waals surface area contributed by atoms with Crippen molar-refractivity contribution in [1.29, 1.82) is 0 Å². The smallest absolute Gasteiger partial charge is 0.240 e. The fraction of sp³-hybridized carbons (Fsp3) is 0.375. The Bertz CT molecular complexity index is 782. The number of aromatic nitrogens is 3. The molecule has 1 fully saturated rings. The molecule has 1 aliphatic carbocycles. The number of benzene rings is 1. The summed E-state index contributed by atoms with van der Waals surface area (Å²) in [6.45, 7) is 0.193. The van der Waals surface area contributed by atoms with Crippen LogP contribution in [0.5, 0.6) is 0 Å². The lowest BCUT2D eigenvalue weighted by Crippen LogP contribution is -2.37. The van der Waals surface area contributed by atoms with E-state index in [0.29, 0.717) is 12.2 Å². The van der Waals surface area contributed by atoms with E-state index in [9.17, 15) is 9.59 Å². The van der Waals surface area contributed by atoms with Gasteiger partial charge in [0.1, 0.15) is 6.33 Å². The van der Waals surface area contributed by atoms with Crippen LogP contribution in [0.1, 0.15) is 29.8 Å². The van der Waals surface area contributed by atoms with E-state index < -0.39 is 5.41 Å². The molecule has 1 saturated heterocycles. The van der Waals surface area contributed by atoms with Crippen LogP contribution in [0.15, 0.2) is 30.6 Å². The normalized spacial score (nSPS) is 23.6. The Morgan fingerprint density at radius 3 is 2.86 bits per heavy atom. The summed E-state index contributed by atoms with van der Waals surface area (Å²) in [5, 5.41) is 7.78. The van der Waals surface area contributed by atoms with Crippen molar-refractivity contribution >= 4 is 11.8 Å². The van der Waals surface area contributed by atoms with Gasteiger partial charge < -0.3 is 4.57 Å². The second-order valence-corrected chi connectivity index (χ2v) is 6.06. The van der Waals surface area contributed by atoms with Crippen LogP contribution in [-0.2, 0) is 35.0 Å². The molecule has 0 saturated carbocycles. The van der Waals surface area contributed by atoms with E-state index >= 15 is 0 Å². The Labute approximate surface area is 127 Å². The molecule has 112 valence electrons. The van der Waals surface area contributed by atoms with Gasteiger partial charge in [-0.05, 0) is 24.0 Å². The lowest BCUT2D eigenvalue weighted by molar-refractivity contribution is -0.140. The first-order valence-electron chi connectivity index (χ1n) is 7.38. The summed E-state index contributed by atoms with van der Waals surface area (Å²) >= 11 is 0. The van der Waals surface area contributed by atoms with Gasteiger partial charge in [0.2, 0.25) is 11.8 Å². The molecule has 2 amide bonds. The van der Waals surface area contributed by atoms with Gasteiger partial charge in [-0.3, -0.25) is 14.5 Å². The molecule has 4 rings (SSSR count). The number of carbonyl (C=O) groups excluding carboxylic acids is 2. The number of carbonyl (C=O) groups is 2. The number of rotatable bonds is 2. The molecule has 2 aliphatic rings. The minimum Gasteiger partial charge on any atom is -0.319 e. The molecular formula is C16H16N4O2. The number of aryl methyl sites for hydroxylation is 2. The molecule has 1 spiro atoms. The first-order chi connectivity index (χ1) is 10.6. The molecule has 0 radical (unpaired) electrons. The van der Waals surface area contributed by atoms with Gasteiger partial charge in [0.25, 0.3) is 0 Å². The highest BCUT2D eigenvalue weighted by Crippen LogP contribution is 2.46. The zero-order valence-electron chi connectivity index (χ0n) is 12.3. The Hall–Kier alpha value is -2.50. The molecule has 22 heavy (non-hydrogen) atoms. The number of hydrogen-bond acceptors (Lipinski definition) is 4. The van der Waals surface area contributed by atoms with Gasteiger partial charge in [-0.15, -0.1) is 10.2 Å². The molecular weight excluding hydrogens is 280 g/mol. The van der Waals surface area contributed by atoms with Crippen LogP contribution >= 0.6 is 0 Å². The van der Waals surface area contributed by atoms with Crippen molar-refractivity contribution in [2.45, 2.75) is 31.2 Å². The van der Waals surface area contributed by atoms with E-state index in [1.54, 1.807) is 17.9 Å². The summed E-state index contributed by atoms with van der Waals surface area (Å²) in [5.41, 5.74) is 1.55. The Morgan fingerprint density at radius 1 is 1.27 bits per heavy atom. The molecule has 0 unspecified atom stereocenters.